The van der Waals surface area contributed by atoms with Crippen LogP contribution in [0.5, 0.6) is 11.5 Å². The molecule has 98 valence electrons. The maximum atomic E-state index is 9.49. The Kier molecular flexibility index (Phi) is 3.77. The van der Waals surface area contributed by atoms with Crippen LogP contribution in [-0.4, -0.2) is 33.4 Å². The van der Waals surface area contributed by atoms with Crippen molar-refractivity contribution in [3.8, 4) is 11.5 Å². The maximum absolute atomic E-state index is 9.49. The number of hydrogen-bond acceptors (Lipinski definition) is 5. The third-order valence-electron chi connectivity index (χ3n) is 3.21. The lowest BCUT2D eigenvalue weighted by Crippen LogP contribution is -2.18. The maximum Gasteiger partial charge on any atom is 0.171 e. The van der Waals surface area contributed by atoms with Gasteiger partial charge in [-0.1, -0.05) is 5.16 Å². The molecule has 0 unspecified atom stereocenters. The van der Waals surface area contributed by atoms with Gasteiger partial charge in [-0.15, -0.1) is 17.0 Å². The van der Waals surface area contributed by atoms with E-state index in [1.807, 2.05) is 0 Å². The van der Waals surface area contributed by atoms with E-state index in [1.54, 1.807) is 0 Å². The fourth-order valence-corrected chi connectivity index (χ4v) is 2.28. The summed E-state index contributed by atoms with van der Waals surface area (Å²) in [6, 6.07) is 2.90. The minimum Gasteiger partial charge on any atom is -0.504 e. The Balaban J connectivity index is 0.00000120. The van der Waals surface area contributed by atoms with E-state index < -0.39 is 0 Å². The normalized spacial score (nSPS) is 16.0. The van der Waals surface area contributed by atoms with Crippen LogP contribution in [0.25, 0.3) is 11.0 Å². The number of aromatic hydroxyl groups is 2. The van der Waals surface area contributed by atoms with E-state index in [4.69, 9.17) is 4.52 Å². The number of phenolic OH excluding ortho intramolecular Hbond substituents is 2. The van der Waals surface area contributed by atoms with Crippen molar-refractivity contribution in [2.24, 2.45) is 0 Å². The summed E-state index contributed by atoms with van der Waals surface area (Å²) in [5, 5.41) is 23.6. The molecule has 3 rings (SSSR count). The van der Waals surface area contributed by atoms with Crippen LogP contribution in [0.4, 0.5) is 0 Å². The molecule has 1 aromatic heterocycles. The third kappa shape index (κ3) is 2.30. The van der Waals surface area contributed by atoms with Gasteiger partial charge in [0.2, 0.25) is 0 Å². The number of hydrogen-bond donors (Lipinski definition) is 2. The van der Waals surface area contributed by atoms with Crippen LogP contribution < -0.4 is 0 Å². The molecular weight excluding hydrogens is 300 g/mol. The van der Waals surface area contributed by atoms with E-state index in [2.05, 4.69) is 10.1 Å². The quantitative estimate of drug-likeness (QED) is 0.833. The van der Waals surface area contributed by atoms with E-state index >= 15 is 0 Å². The summed E-state index contributed by atoms with van der Waals surface area (Å²) in [5.74, 6) is -0.315. The number of nitrogens with zero attached hydrogens (tertiary/aromatic N) is 2. The van der Waals surface area contributed by atoms with Gasteiger partial charge >= 0.3 is 0 Å². The Morgan fingerprint density at radius 3 is 2.56 bits per heavy atom. The van der Waals surface area contributed by atoms with Crippen molar-refractivity contribution in [2.45, 2.75) is 19.4 Å². The highest BCUT2D eigenvalue weighted by molar-refractivity contribution is 8.93. The number of phenols is 2. The molecule has 2 N–H and O–H groups in total. The molecule has 18 heavy (non-hydrogen) atoms. The van der Waals surface area contributed by atoms with Gasteiger partial charge in [-0.05, 0) is 32.0 Å². The largest absolute Gasteiger partial charge is 0.504 e. The Hall–Kier alpha value is -1.27. The van der Waals surface area contributed by atoms with Crippen LogP contribution in [0.3, 0.4) is 0 Å². The predicted octanol–water partition coefficient (Wildman–Crippen LogP) is 2.41. The van der Waals surface area contributed by atoms with Crippen LogP contribution in [0.15, 0.2) is 16.7 Å². The average molecular weight is 315 g/mol. The summed E-state index contributed by atoms with van der Waals surface area (Å²) in [6.45, 7) is 2.90. The van der Waals surface area contributed by atoms with Gasteiger partial charge in [-0.3, -0.25) is 4.90 Å². The average Bonchev–Trinajstić information content (AvgIpc) is 2.92. The highest BCUT2D eigenvalue weighted by atomic mass is 79.9. The van der Waals surface area contributed by atoms with Gasteiger partial charge in [0, 0.05) is 12.6 Å². The number of benzene rings is 1. The number of fused-ring (bicyclic) bond motifs is 1. The van der Waals surface area contributed by atoms with Gasteiger partial charge in [-0.25, -0.2) is 0 Å². The van der Waals surface area contributed by atoms with Gasteiger partial charge in [0.15, 0.2) is 17.1 Å². The van der Waals surface area contributed by atoms with Gasteiger partial charge in [0.05, 0.1) is 5.39 Å². The van der Waals surface area contributed by atoms with Crippen LogP contribution >= 0.6 is 17.0 Å². The summed E-state index contributed by atoms with van der Waals surface area (Å²) in [6.07, 6.45) is 2.45. The fraction of sp³-hybridized carbons (Fsp3) is 0.417. The Bertz CT molecular complexity index is 549. The van der Waals surface area contributed by atoms with Crippen molar-refractivity contribution in [1.29, 1.82) is 0 Å². The molecular formula is C12H15BrN2O3. The Labute approximate surface area is 115 Å². The SMILES string of the molecule is Br.Oc1cc2onc(CN3CCCC3)c2cc1O. The number of rotatable bonds is 2. The standard InChI is InChI=1S/C12H14N2O3.BrH/c15-10-5-8-9(7-14-3-1-2-4-14)13-17-12(8)6-11(10)16;/h5-6,15-16H,1-4,7H2;1H. The van der Waals surface area contributed by atoms with Crippen molar-refractivity contribution in [3.05, 3.63) is 17.8 Å². The topological polar surface area (TPSA) is 69.7 Å². The van der Waals surface area contributed by atoms with Crippen molar-refractivity contribution in [3.63, 3.8) is 0 Å². The molecule has 0 atom stereocenters. The molecule has 2 heterocycles. The Morgan fingerprint density at radius 1 is 1.17 bits per heavy atom. The lowest BCUT2D eigenvalue weighted by molar-refractivity contribution is 0.317. The molecule has 0 bridgehead atoms. The summed E-state index contributed by atoms with van der Waals surface area (Å²) < 4.78 is 5.15. The Morgan fingerprint density at radius 2 is 1.83 bits per heavy atom. The first-order valence-corrected chi connectivity index (χ1v) is 5.76. The molecule has 5 nitrogen and oxygen atoms in total. The molecule has 0 radical (unpaired) electrons. The minimum absolute atomic E-state index is 0. The number of halogens is 1. The highest BCUT2D eigenvalue weighted by Crippen LogP contribution is 2.32. The number of likely N-dealkylation sites (tertiary alicyclic amines) is 1. The zero-order chi connectivity index (χ0) is 11.8. The molecule has 0 amide bonds. The lowest BCUT2D eigenvalue weighted by atomic mass is 10.2. The first kappa shape index (κ1) is 13.2. The van der Waals surface area contributed by atoms with Crippen molar-refractivity contribution in [1.82, 2.24) is 10.1 Å². The monoisotopic (exact) mass is 314 g/mol. The molecule has 0 saturated carbocycles. The molecule has 1 aromatic carbocycles. The predicted molar refractivity (Wildman–Crippen MR) is 72.2 cm³/mol. The van der Waals surface area contributed by atoms with E-state index in [9.17, 15) is 10.2 Å². The van der Waals surface area contributed by atoms with Crippen LogP contribution in [0.1, 0.15) is 18.5 Å². The molecule has 6 heteroatoms. The van der Waals surface area contributed by atoms with E-state index in [0.717, 1.165) is 30.7 Å². The number of aromatic nitrogens is 1. The van der Waals surface area contributed by atoms with Gasteiger partial charge < -0.3 is 14.7 Å². The van der Waals surface area contributed by atoms with Crippen LogP contribution in [-0.2, 0) is 6.54 Å². The zero-order valence-electron chi connectivity index (χ0n) is 9.80. The van der Waals surface area contributed by atoms with Gasteiger partial charge in [0.25, 0.3) is 0 Å². The smallest absolute Gasteiger partial charge is 0.171 e. The second kappa shape index (κ2) is 5.16. The van der Waals surface area contributed by atoms with E-state index in [1.165, 1.54) is 25.0 Å². The first-order valence-electron chi connectivity index (χ1n) is 5.76. The van der Waals surface area contributed by atoms with Crippen molar-refractivity contribution >= 4 is 28.0 Å². The third-order valence-corrected chi connectivity index (χ3v) is 3.21. The molecule has 0 spiro atoms. The zero-order valence-corrected chi connectivity index (χ0v) is 11.5. The second-order valence-electron chi connectivity index (χ2n) is 4.45. The van der Waals surface area contributed by atoms with E-state index in [-0.39, 0.29) is 28.5 Å². The molecule has 2 aromatic rings. The molecule has 0 aliphatic carbocycles. The molecule has 1 fully saturated rings. The highest BCUT2D eigenvalue weighted by Gasteiger charge is 2.17. The van der Waals surface area contributed by atoms with Crippen molar-refractivity contribution in [2.75, 3.05) is 13.1 Å². The van der Waals surface area contributed by atoms with Crippen LogP contribution in [0.2, 0.25) is 0 Å². The first-order chi connectivity index (χ1) is 8.24. The molecule has 1 saturated heterocycles. The van der Waals surface area contributed by atoms with Gasteiger partial charge in [0.1, 0.15) is 5.69 Å². The second-order valence-corrected chi connectivity index (χ2v) is 4.45. The minimum atomic E-state index is -0.179. The summed E-state index contributed by atoms with van der Waals surface area (Å²) in [5.41, 5.74) is 1.33. The van der Waals surface area contributed by atoms with Crippen molar-refractivity contribution < 1.29 is 14.7 Å². The molecule has 1 aliphatic rings. The van der Waals surface area contributed by atoms with Gasteiger partial charge in [-0.2, -0.15) is 0 Å². The summed E-state index contributed by atoms with van der Waals surface area (Å²) >= 11 is 0. The van der Waals surface area contributed by atoms with E-state index in [0.29, 0.717) is 5.58 Å². The molecule has 1 aliphatic heterocycles. The summed E-state index contributed by atoms with van der Waals surface area (Å²) in [7, 11) is 0. The van der Waals surface area contributed by atoms with Crippen LogP contribution in [0, 0.1) is 0 Å². The fourth-order valence-electron chi connectivity index (χ4n) is 2.28. The lowest BCUT2D eigenvalue weighted by Gasteiger charge is -2.11. The summed E-state index contributed by atoms with van der Waals surface area (Å²) in [4.78, 5) is 2.31.